The Morgan fingerprint density at radius 2 is 1.90 bits per heavy atom. The van der Waals surface area contributed by atoms with Crippen LogP contribution in [0.25, 0.3) is 0 Å². The molecule has 1 atom stereocenters. The van der Waals surface area contributed by atoms with Crippen molar-refractivity contribution in [2.75, 3.05) is 0 Å². The standard InChI is InChI=1S/C9H17.Li/c1-9(2,3)8-6-4-5-7-8;/h4,8H,5-7H2,1-3H3;/q-1;+1. The molecule has 1 unspecified atom stereocenters. The summed E-state index contributed by atoms with van der Waals surface area (Å²) in [5.74, 6) is 0.956. The van der Waals surface area contributed by atoms with Gasteiger partial charge in [-0.2, -0.15) is 12.8 Å². The van der Waals surface area contributed by atoms with Crippen LogP contribution in [0, 0.1) is 17.8 Å². The van der Waals surface area contributed by atoms with Crippen LogP contribution in [0.2, 0.25) is 0 Å². The molecule has 0 spiro atoms. The summed E-state index contributed by atoms with van der Waals surface area (Å²) in [6, 6.07) is 0. The maximum absolute atomic E-state index is 2.43. The molecular weight excluding hydrogens is 115 g/mol. The van der Waals surface area contributed by atoms with Crippen LogP contribution in [-0.2, 0) is 0 Å². The fourth-order valence-electron chi connectivity index (χ4n) is 1.54. The van der Waals surface area contributed by atoms with Gasteiger partial charge in [0.1, 0.15) is 0 Å². The second-order valence-electron chi connectivity index (χ2n) is 4.16. The van der Waals surface area contributed by atoms with Crippen molar-refractivity contribution in [2.45, 2.75) is 40.0 Å². The van der Waals surface area contributed by atoms with Crippen molar-refractivity contribution < 1.29 is 18.9 Å². The van der Waals surface area contributed by atoms with E-state index in [0.717, 1.165) is 5.92 Å². The Morgan fingerprint density at radius 1 is 1.30 bits per heavy atom. The van der Waals surface area contributed by atoms with Crippen LogP contribution < -0.4 is 18.9 Å². The monoisotopic (exact) mass is 132 g/mol. The summed E-state index contributed by atoms with van der Waals surface area (Å²) < 4.78 is 0. The van der Waals surface area contributed by atoms with Crippen molar-refractivity contribution in [3.05, 3.63) is 6.42 Å². The summed E-state index contributed by atoms with van der Waals surface area (Å²) in [4.78, 5) is 0. The first-order valence-electron chi connectivity index (χ1n) is 3.92. The van der Waals surface area contributed by atoms with E-state index in [0.29, 0.717) is 5.41 Å². The Labute approximate surface area is 77.0 Å². The molecule has 0 bridgehead atoms. The minimum absolute atomic E-state index is 0. The molecule has 1 saturated carbocycles. The molecule has 10 heavy (non-hydrogen) atoms. The molecule has 0 radical (unpaired) electrons. The van der Waals surface area contributed by atoms with Gasteiger partial charge in [-0.15, -0.1) is 0 Å². The quantitative estimate of drug-likeness (QED) is 0.322. The minimum Gasteiger partial charge on any atom is -0.328 e. The van der Waals surface area contributed by atoms with Gasteiger partial charge in [0.05, 0.1) is 0 Å². The Kier molecular flexibility index (Phi) is 4.07. The molecule has 0 nitrogen and oxygen atoms in total. The smallest absolute Gasteiger partial charge is 0.328 e. The van der Waals surface area contributed by atoms with Gasteiger partial charge in [0.25, 0.3) is 0 Å². The average Bonchev–Trinajstić information content (AvgIpc) is 2.08. The summed E-state index contributed by atoms with van der Waals surface area (Å²) in [5, 5.41) is 0. The Balaban J connectivity index is 0.000000810. The summed E-state index contributed by atoms with van der Waals surface area (Å²) in [7, 11) is 0. The normalized spacial score (nSPS) is 26.1. The van der Waals surface area contributed by atoms with Crippen molar-refractivity contribution in [2.24, 2.45) is 11.3 Å². The Bertz CT molecular complexity index is 85.4. The second-order valence-corrected chi connectivity index (χ2v) is 4.16. The van der Waals surface area contributed by atoms with Crippen molar-refractivity contribution in [3.63, 3.8) is 0 Å². The van der Waals surface area contributed by atoms with E-state index in [1.54, 1.807) is 0 Å². The van der Waals surface area contributed by atoms with E-state index in [1.165, 1.54) is 19.3 Å². The molecule has 0 aliphatic heterocycles. The Morgan fingerprint density at radius 3 is 2.10 bits per heavy atom. The number of rotatable bonds is 0. The largest absolute Gasteiger partial charge is 1.00 e. The van der Waals surface area contributed by atoms with Gasteiger partial charge in [0.15, 0.2) is 0 Å². The molecule has 0 amide bonds. The molecule has 1 heteroatoms. The molecule has 1 fully saturated rings. The third-order valence-electron chi connectivity index (χ3n) is 2.40. The van der Waals surface area contributed by atoms with Crippen LogP contribution in [0.1, 0.15) is 40.0 Å². The predicted molar refractivity (Wildman–Crippen MR) is 41.1 cm³/mol. The molecule has 0 saturated heterocycles. The molecule has 0 aromatic carbocycles. The third-order valence-corrected chi connectivity index (χ3v) is 2.40. The Hall–Kier alpha value is 0.597. The third kappa shape index (κ3) is 2.68. The molecule has 0 N–H and O–H groups in total. The van der Waals surface area contributed by atoms with Crippen LogP contribution in [-0.4, -0.2) is 0 Å². The van der Waals surface area contributed by atoms with Crippen molar-refractivity contribution in [1.82, 2.24) is 0 Å². The van der Waals surface area contributed by atoms with Gasteiger partial charge in [-0.3, -0.25) is 0 Å². The topological polar surface area (TPSA) is 0 Å². The molecule has 1 rings (SSSR count). The second kappa shape index (κ2) is 3.84. The van der Waals surface area contributed by atoms with Gasteiger partial charge in [-0.05, 0) is 5.41 Å². The zero-order valence-corrected chi connectivity index (χ0v) is 7.78. The van der Waals surface area contributed by atoms with E-state index < -0.39 is 0 Å². The van der Waals surface area contributed by atoms with E-state index >= 15 is 0 Å². The zero-order valence-electron chi connectivity index (χ0n) is 7.78. The van der Waals surface area contributed by atoms with E-state index in [1.807, 2.05) is 0 Å². The van der Waals surface area contributed by atoms with Crippen LogP contribution in [0.5, 0.6) is 0 Å². The first-order valence-corrected chi connectivity index (χ1v) is 3.92. The molecule has 0 aromatic heterocycles. The van der Waals surface area contributed by atoms with E-state index in [9.17, 15) is 0 Å². The van der Waals surface area contributed by atoms with E-state index in [4.69, 9.17) is 0 Å². The van der Waals surface area contributed by atoms with Gasteiger partial charge < -0.3 is 6.42 Å². The molecule has 1 aliphatic rings. The van der Waals surface area contributed by atoms with E-state index in [-0.39, 0.29) is 18.9 Å². The SMILES string of the molecule is CC(C)(C)C1C[CH-]CC1.[Li+]. The summed E-state index contributed by atoms with van der Waals surface area (Å²) >= 11 is 0. The molecule has 54 valence electrons. The van der Waals surface area contributed by atoms with Gasteiger partial charge in [-0.1, -0.05) is 33.1 Å². The predicted octanol–water partition coefficient (Wildman–Crippen LogP) is 0.0409. The van der Waals surface area contributed by atoms with Crippen LogP contribution in [0.15, 0.2) is 0 Å². The van der Waals surface area contributed by atoms with Crippen LogP contribution in [0.4, 0.5) is 0 Å². The molecule has 0 heterocycles. The number of hydrogen-bond donors (Lipinski definition) is 0. The van der Waals surface area contributed by atoms with Gasteiger partial charge in [-0.25, -0.2) is 0 Å². The molecule has 1 aliphatic carbocycles. The van der Waals surface area contributed by atoms with Crippen LogP contribution in [0.3, 0.4) is 0 Å². The zero-order chi connectivity index (χ0) is 6.91. The van der Waals surface area contributed by atoms with Crippen molar-refractivity contribution >= 4 is 0 Å². The number of hydrogen-bond acceptors (Lipinski definition) is 0. The maximum atomic E-state index is 2.43. The molecular formula is C9H17Li. The van der Waals surface area contributed by atoms with Gasteiger partial charge in [0, 0.05) is 0 Å². The fraction of sp³-hybridized carbons (Fsp3) is 0.889. The van der Waals surface area contributed by atoms with Crippen molar-refractivity contribution in [1.29, 1.82) is 0 Å². The van der Waals surface area contributed by atoms with Gasteiger partial charge >= 0.3 is 18.9 Å². The van der Waals surface area contributed by atoms with Crippen LogP contribution >= 0.6 is 0 Å². The van der Waals surface area contributed by atoms with E-state index in [2.05, 4.69) is 27.2 Å². The minimum atomic E-state index is 0. The summed E-state index contributed by atoms with van der Waals surface area (Å²) in [6.07, 6.45) is 6.55. The van der Waals surface area contributed by atoms with Gasteiger partial charge in [0.2, 0.25) is 0 Å². The summed E-state index contributed by atoms with van der Waals surface area (Å²) in [5.41, 5.74) is 0.549. The maximum Gasteiger partial charge on any atom is 1.00 e. The fourth-order valence-corrected chi connectivity index (χ4v) is 1.54. The molecule has 0 aromatic rings. The first-order chi connectivity index (χ1) is 4.11. The first kappa shape index (κ1) is 10.6. The van der Waals surface area contributed by atoms with Crippen molar-refractivity contribution in [3.8, 4) is 0 Å². The summed E-state index contributed by atoms with van der Waals surface area (Å²) in [6.45, 7) is 7.03. The average molecular weight is 132 g/mol.